The van der Waals surface area contributed by atoms with E-state index in [1.807, 2.05) is 36.4 Å². The van der Waals surface area contributed by atoms with Crippen LogP contribution in [-0.2, 0) is 10.8 Å². The molecule has 0 aliphatic rings. The van der Waals surface area contributed by atoms with Gasteiger partial charge in [0.05, 0.1) is 10.8 Å². The van der Waals surface area contributed by atoms with Gasteiger partial charge in [0.2, 0.25) is 0 Å². The maximum absolute atomic E-state index is 11.8. The van der Waals surface area contributed by atoms with Crippen LogP contribution in [0, 0.1) is 0 Å². The van der Waals surface area contributed by atoms with Crippen molar-refractivity contribution in [2.75, 3.05) is 6.26 Å². The zero-order valence-corrected chi connectivity index (χ0v) is 10.3. The molecular weight excluding hydrogens is 228 g/mol. The maximum Gasteiger partial charge on any atom is 0.0504 e. The third kappa shape index (κ3) is 1.65. The molecule has 3 aromatic rings. The van der Waals surface area contributed by atoms with Gasteiger partial charge in [-0.05, 0) is 27.6 Å². The van der Waals surface area contributed by atoms with Gasteiger partial charge in [0.1, 0.15) is 0 Å². The Bertz CT molecular complexity index is 731. The van der Waals surface area contributed by atoms with Crippen LogP contribution >= 0.6 is 0 Å². The minimum absolute atomic E-state index is 0.916. The van der Waals surface area contributed by atoms with Crippen molar-refractivity contribution in [2.24, 2.45) is 0 Å². The van der Waals surface area contributed by atoms with Crippen molar-refractivity contribution in [3.05, 3.63) is 54.6 Å². The molecule has 0 fully saturated rings. The summed E-state index contributed by atoms with van der Waals surface area (Å²) < 4.78 is 11.8. The lowest BCUT2D eigenvalue weighted by Gasteiger charge is -2.08. The van der Waals surface area contributed by atoms with E-state index in [0.29, 0.717) is 0 Å². The van der Waals surface area contributed by atoms with Gasteiger partial charge in [-0.3, -0.25) is 4.21 Å². The van der Waals surface area contributed by atoms with Crippen molar-refractivity contribution >= 4 is 32.3 Å². The lowest BCUT2D eigenvalue weighted by molar-refractivity contribution is 0.687. The standard InChI is InChI=1S/C15H12OS/c1-17(16)15-10-11-6-2-3-7-12(11)13-8-4-5-9-14(13)15/h2-10H,1H3. The lowest BCUT2D eigenvalue weighted by atomic mass is 10.0. The van der Waals surface area contributed by atoms with Gasteiger partial charge in [0.25, 0.3) is 0 Å². The van der Waals surface area contributed by atoms with Gasteiger partial charge in [-0.2, -0.15) is 0 Å². The van der Waals surface area contributed by atoms with Crippen molar-refractivity contribution in [3.8, 4) is 0 Å². The number of rotatable bonds is 1. The molecular formula is C15H12OS. The normalized spacial score (nSPS) is 13.0. The SMILES string of the molecule is CS(=O)c1cc2ccccc2c2ccccc12. The summed E-state index contributed by atoms with van der Waals surface area (Å²) >= 11 is 0. The van der Waals surface area contributed by atoms with Crippen LogP contribution in [0.1, 0.15) is 0 Å². The highest BCUT2D eigenvalue weighted by Crippen LogP contribution is 2.29. The molecule has 1 nitrogen and oxygen atoms in total. The first-order valence-electron chi connectivity index (χ1n) is 5.51. The zero-order valence-electron chi connectivity index (χ0n) is 9.51. The number of hydrogen-bond donors (Lipinski definition) is 0. The van der Waals surface area contributed by atoms with Gasteiger partial charge in [-0.15, -0.1) is 0 Å². The van der Waals surface area contributed by atoms with Crippen LogP contribution in [0.15, 0.2) is 59.5 Å². The molecule has 3 rings (SSSR count). The molecule has 2 heteroatoms. The van der Waals surface area contributed by atoms with E-state index in [0.717, 1.165) is 15.7 Å². The third-order valence-corrected chi connectivity index (χ3v) is 4.00. The molecule has 84 valence electrons. The van der Waals surface area contributed by atoms with Gasteiger partial charge in [0, 0.05) is 11.2 Å². The van der Waals surface area contributed by atoms with E-state index in [1.54, 1.807) is 6.26 Å². The Hall–Kier alpha value is -1.67. The first-order chi connectivity index (χ1) is 8.27. The summed E-state index contributed by atoms with van der Waals surface area (Å²) in [5.41, 5.74) is 0. The molecule has 0 N–H and O–H groups in total. The summed E-state index contributed by atoms with van der Waals surface area (Å²) in [6, 6.07) is 18.4. The first-order valence-corrected chi connectivity index (χ1v) is 7.07. The highest BCUT2D eigenvalue weighted by molar-refractivity contribution is 7.84. The fourth-order valence-electron chi connectivity index (χ4n) is 2.26. The molecule has 1 atom stereocenters. The summed E-state index contributed by atoms with van der Waals surface area (Å²) in [7, 11) is -0.960. The monoisotopic (exact) mass is 240 g/mol. The van der Waals surface area contributed by atoms with Crippen LogP contribution in [0.5, 0.6) is 0 Å². The number of hydrogen-bond acceptors (Lipinski definition) is 1. The van der Waals surface area contributed by atoms with Gasteiger partial charge in [-0.1, -0.05) is 48.5 Å². The Labute approximate surface area is 103 Å². The minimum Gasteiger partial charge on any atom is -0.255 e. The predicted molar refractivity (Wildman–Crippen MR) is 73.8 cm³/mol. The molecule has 0 saturated carbocycles. The van der Waals surface area contributed by atoms with Crippen molar-refractivity contribution in [3.63, 3.8) is 0 Å². The molecule has 0 saturated heterocycles. The summed E-state index contributed by atoms with van der Waals surface area (Å²) in [6.07, 6.45) is 1.73. The molecule has 1 unspecified atom stereocenters. The molecule has 17 heavy (non-hydrogen) atoms. The van der Waals surface area contributed by atoms with Crippen LogP contribution in [0.2, 0.25) is 0 Å². The average Bonchev–Trinajstić information content (AvgIpc) is 2.37. The van der Waals surface area contributed by atoms with E-state index >= 15 is 0 Å². The van der Waals surface area contributed by atoms with Crippen molar-refractivity contribution in [2.45, 2.75) is 4.90 Å². The van der Waals surface area contributed by atoms with E-state index in [9.17, 15) is 4.21 Å². The molecule has 3 aromatic carbocycles. The van der Waals surface area contributed by atoms with E-state index < -0.39 is 10.8 Å². The second-order valence-corrected chi connectivity index (χ2v) is 5.44. The Morgan fingerprint density at radius 1 is 0.824 bits per heavy atom. The van der Waals surface area contributed by atoms with Crippen LogP contribution in [-0.4, -0.2) is 10.5 Å². The van der Waals surface area contributed by atoms with E-state index in [4.69, 9.17) is 0 Å². The number of fused-ring (bicyclic) bond motifs is 3. The Morgan fingerprint density at radius 3 is 2.12 bits per heavy atom. The molecule has 0 radical (unpaired) electrons. The fourth-order valence-corrected chi connectivity index (χ4v) is 3.04. The zero-order chi connectivity index (χ0) is 11.8. The molecule has 0 aliphatic carbocycles. The highest BCUT2D eigenvalue weighted by atomic mass is 32.2. The summed E-state index contributed by atoms with van der Waals surface area (Å²) in [5.74, 6) is 0. The average molecular weight is 240 g/mol. The number of benzene rings is 3. The molecule has 0 bridgehead atoms. The first kappa shape index (κ1) is 10.5. The maximum atomic E-state index is 11.8. The Kier molecular flexibility index (Phi) is 2.45. The summed E-state index contributed by atoms with van der Waals surface area (Å²) in [6.45, 7) is 0. The Balaban J connectivity index is 2.59. The highest BCUT2D eigenvalue weighted by Gasteiger charge is 2.07. The smallest absolute Gasteiger partial charge is 0.0504 e. The predicted octanol–water partition coefficient (Wildman–Crippen LogP) is 3.73. The summed E-state index contributed by atoms with van der Waals surface area (Å²) in [4.78, 5) is 0.916. The van der Waals surface area contributed by atoms with Crippen molar-refractivity contribution < 1.29 is 4.21 Å². The van der Waals surface area contributed by atoms with E-state index in [-0.39, 0.29) is 0 Å². The van der Waals surface area contributed by atoms with Crippen molar-refractivity contribution in [1.29, 1.82) is 0 Å². The quantitative estimate of drug-likeness (QED) is 0.592. The minimum atomic E-state index is -0.960. The van der Waals surface area contributed by atoms with Gasteiger partial charge in [-0.25, -0.2) is 0 Å². The van der Waals surface area contributed by atoms with Crippen LogP contribution in [0.25, 0.3) is 21.5 Å². The van der Waals surface area contributed by atoms with Crippen molar-refractivity contribution in [1.82, 2.24) is 0 Å². The van der Waals surface area contributed by atoms with Gasteiger partial charge >= 0.3 is 0 Å². The van der Waals surface area contributed by atoms with Crippen LogP contribution in [0.3, 0.4) is 0 Å². The molecule has 0 spiro atoms. The summed E-state index contributed by atoms with van der Waals surface area (Å²) in [5, 5.41) is 4.64. The largest absolute Gasteiger partial charge is 0.255 e. The lowest BCUT2D eigenvalue weighted by Crippen LogP contribution is -1.90. The van der Waals surface area contributed by atoms with Gasteiger partial charge < -0.3 is 0 Å². The van der Waals surface area contributed by atoms with E-state index in [2.05, 4.69) is 18.2 Å². The van der Waals surface area contributed by atoms with Crippen LogP contribution in [0.4, 0.5) is 0 Å². The molecule has 0 amide bonds. The topological polar surface area (TPSA) is 17.1 Å². The van der Waals surface area contributed by atoms with E-state index in [1.165, 1.54) is 10.8 Å². The second-order valence-electron chi connectivity index (χ2n) is 4.10. The fraction of sp³-hybridized carbons (Fsp3) is 0.0667. The Morgan fingerprint density at radius 2 is 1.41 bits per heavy atom. The van der Waals surface area contributed by atoms with Crippen LogP contribution < -0.4 is 0 Å². The second kappa shape index (κ2) is 3.97. The molecule has 0 aromatic heterocycles. The van der Waals surface area contributed by atoms with Gasteiger partial charge in [0.15, 0.2) is 0 Å². The molecule has 0 aliphatic heterocycles. The third-order valence-electron chi connectivity index (χ3n) is 3.04. The molecule has 0 heterocycles.